The number of hydrogen-bond donors (Lipinski definition) is 2. The summed E-state index contributed by atoms with van der Waals surface area (Å²) in [6, 6.07) is -0.0924. The number of nitrogens with one attached hydrogen (secondary N) is 1. The summed E-state index contributed by atoms with van der Waals surface area (Å²) in [5, 5.41) is 2.71. The van der Waals surface area contributed by atoms with E-state index in [0.29, 0.717) is 13.2 Å². The van der Waals surface area contributed by atoms with E-state index in [1.54, 1.807) is 14.2 Å². The largest absolute Gasteiger partial charge is 0.383 e. The number of amides is 2. The van der Waals surface area contributed by atoms with Crippen molar-refractivity contribution >= 4 is 11.8 Å². The van der Waals surface area contributed by atoms with Crippen LogP contribution in [-0.4, -0.2) is 56.6 Å². The molecule has 6 nitrogen and oxygen atoms in total. The van der Waals surface area contributed by atoms with E-state index >= 15 is 0 Å². The van der Waals surface area contributed by atoms with Gasteiger partial charge in [0.25, 0.3) is 0 Å². The highest BCUT2D eigenvalue weighted by atomic mass is 16.5. The summed E-state index contributed by atoms with van der Waals surface area (Å²) in [5.74, 6) is -0.0766. The summed E-state index contributed by atoms with van der Waals surface area (Å²) < 4.78 is 4.86. The number of nitrogens with zero attached hydrogens (tertiary/aromatic N) is 1. The summed E-state index contributed by atoms with van der Waals surface area (Å²) in [7, 11) is 3.24. The van der Waals surface area contributed by atoms with E-state index in [9.17, 15) is 9.59 Å². The Bertz CT molecular complexity index is 326. The molecule has 20 heavy (non-hydrogen) atoms. The molecule has 1 aliphatic rings. The van der Waals surface area contributed by atoms with Gasteiger partial charge in [-0.25, -0.2) is 0 Å². The number of rotatable bonds is 6. The molecule has 3 atom stereocenters. The normalized spacial score (nSPS) is 26.1. The maximum absolute atomic E-state index is 12.4. The van der Waals surface area contributed by atoms with Crippen molar-refractivity contribution in [3.05, 3.63) is 0 Å². The van der Waals surface area contributed by atoms with Gasteiger partial charge in [0.15, 0.2) is 0 Å². The highest BCUT2D eigenvalue weighted by molar-refractivity contribution is 5.86. The highest BCUT2D eigenvalue weighted by Gasteiger charge is 2.35. The molecule has 0 aromatic heterocycles. The van der Waals surface area contributed by atoms with Gasteiger partial charge in [-0.1, -0.05) is 13.3 Å². The Morgan fingerprint density at radius 2 is 2.10 bits per heavy atom. The Hall–Kier alpha value is -1.14. The Labute approximate surface area is 121 Å². The van der Waals surface area contributed by atoms with Crippen LogP contribution in [0.25, 0.3) is 0 Å². The van der Waals surface area contributed by atoms with Crippen LogP contribution >= 0.6 is 0 Å². The van der Waals surface area contributed by atoms with Crippen LogP contribution in [-0.2, 0) is 14.3 Å². The number of nitrogens with two attached hydrogens (primary N) is 1. The first-order valence-corrected chi connectivity index (χ1v) is 7.23. The molecule has 3 unspecified atom stereocenters. The van der Waals surface area contributed by atoms with Crippen molar-refractivity contribution in [1.29, 1.82) is 0 Å². The second-order valence-electron chi connectivity index (χ2n) is 5.63. The summed E-state index contributed by atoms with van der Waals surface area (Å²) in [4.78, 5) is 25.6. The number of methoxy groups -OCH3 is 1. The zero-order valence-electron chi connectivity index (χ0n) is 12.7. The van der Waals surface area contributed by atoms with E-state index < -0.39 is 0 Å². The van der Waals surface area contributed by atoms with Crippen molar-refractivity contribution < 1.29 is 14.3 Å². The van der Waals surface area contributed by atoms with E-state index in [1.807, 2.05) is 0 Å². The first-order valence-electron chi connectivity index (χ1n) is 7.23. The minimum absolute atomic E-state index is 0.0217. The fourth-order valence-electron chi connectivity index (χ4n) is 2.78. The SMILES string of the molecule is COCCNC(=O)CN(C)C(=O)C1C(C)CCCC1N. The lowest BCUT2D eigenvalue weighted by atomic mass is 9.76. The molecule has 0 aliphatic heterocycles. The number of ether oxygens (including phenoxy) is 1. The third-order valence-corrected chi connectivity index (χ3v) is 3.94. The molecule has 1 saturated carbocycles. The van der Waals surface area contributed by atoms with Crippen molar-refractivity contribution in [2.24, 2.45) is 17.6 Å². The van der Waals surface area contributed by atoms with Crippen LogP contribution in [0.1, 0.15) is 26.2 Å². The molecule has 3 N–H and O–H groups in total. The van der Waals surface area contributed by atoms with Crippen LogP contribution in [0.5, 0.6) is 0 Å². The monoisotopic (exact) mass is 285 g/mol. The Kier molecular flexibility index (Phi) is 6.95. The van der Waals surface area contributed by atoms with Crippen molar-refractivity contribution in [2.45, 2.75) is 32.2 Å². The predicted octanol–water partition coefficient (Wildman–Crippen LogP) is -0.0291. The minimum Gasteiger partial charge on any atom is -0.383 e. The van der Waals surface area contributed by atoms with Gasteiger partial charge in [0.2, 0.25) is 11.8 Å². The van der Waals surface area contributed by atoms with Crippen LogP contribution < -0.4 is 11.1 Å². The van der Waals surface area contributed by atoms with Gasteiger partial charge in [-0.3, -0.25) is 9.59 Å². The van der Waals surface area contributed by atoms with Crippen LogP contribution in [0, 0.1) is 11.8 Å². The molecule has 6 heteroatoms. The summed E-state index contributed by atoms with van der Waals surface area (Å²) in [6.45, 7) is 3.05. The molecule has 0 heterocycles. The van der Waals surface area contributed by atoms with Gasteiger partial charge in [-0.2, -0.15) is 0 Å². The Balaban J connectivity index is 2.47. The third kappa shape index (κ3) is 4.76. The molecule has 0 saturated heterocycles. The highest BCUT2D eigenvalue weighted by Crippen LogP contribution is 2.30. The molecule has 0 aromatic carbocycles. The van der Waals surface area contributed by atoms with Crippen molar-refractivity contribution in [3.8, 4) is 0 Å². The molecule has 1 fully saturated rings. The lowest BCUT2D eigenvalue weighted by Gasteiger charge is -2.35. The maximum atomic E-state index is 12.4. The van der Waals surface area contributed by atoms with Gasteiger partial charge in [0.1, 0.15) is 0 Å². The molecule has 116 valence electrons. The van der Waals surface area contributed by atoms with Gasteiger partial charge in [0.05, 0.1) is 19.1 Å². The van der Waals surface area contributed by atoms with Crippen LogP contribution in [0.4, 0.5) is 0 Å². The second-order valence-corrected chi connectivity index (χ2v) is 5.63. The molecule has 0 radical (unpaired) electrons. The first-order chi connectivity index (χ1) is 9.47. The standard InChI is InChI=1S/C14H27N3O3/c1-10-5-4-6-11(15)13(10)14(19)17(2)9-12(18)16-7-8-20-3/h10-11,13H,4-9,15H2,1-3H3,(H,16,18). The molecule has 2 amide bonds. The zero-order valence-corrected chi connectivity index (χ0v) is 12.7. The molecular weight excluding hydrogens is 258 g/mol. The fourth-order valence-corrected chi connectivity index (χ4v) is 2.78. The van der Waals surface area contributed by atoms with Gasteiger partial charge < -0.3 is 20.7 Å². The average Bonchev–Trinajstić information content (AvgIpc) is 2.38. The second kappa shape index (κ2) is 8.21. The summed E-state index contributed by atoms with van der Waals surface area (Å²) in [6.07, 6.45) is 2.99. The fraction of sp³-hybridized carbons (Fsp3) is 0.857. The van der Waals surface area contributed by atoms with Crippen molar-refractivity contribution in [2.75, 3.05) is 33.9 Å². The van der Waals surface area contributed by atoms with E-state index in [1.165, 1.54) is 4.90 Å². The van der Waals surface area contributed by atoms with Gasteiger partial charge in [-0.05, 0) is 18.8 Å². The zero-order chi connectivity index (χ0) is 15.1. The third-order valence-electron chi connectivity index (χ3n) is 3.94. The number of hydrogen-bond acceptors (Lipinski definition) is 4. The Morgan fingerprint density at radius 1 is 1.40 bits per heavy atom. The van der Waals surface area contributed by atoms with E-state index in [0.717, 1.165) is 19.3 Å². The Morgan fingerprint density at radius 3 is 2.70 bits per heavy atom. The summed E-state index contributed by atoms with van der Waals surface area (Å²) in [5.41, 5.74) is 6.07. The van der Waals surface area contributed by atoms with Crippen LogP contribution in [0.2, 0.25) is 0 Å². The molecule has 0 aromatic rings. The first kappa shape index (κ1) is 16.9. The van der Waals surface area contributed by atoms with E-state index in [2.05, 4.69) is 12.2 Å². The minimum atomic E-state index is -0.171. The maximum Gasteiger partial charge on any atom is 0.239 e. The molecule has 1 rings (SSSR count). The number of carbonyl (C=O) groups excluding carboxylic acids is 2. The van der Waals surface area contributed by atoms with E-state index in [-0.39, 0.29) is 36.2 Å². The molecule has 0 bridgehead atoms. The lowest BCUT2D eigenvalue weighted by Crippen LogP contribution is -2.50. The predicted molar refractivity (Wildman–Crippen MR) is 77.0 cm³/mol. The van der Waals surface area contributed by atoms with Crippen LogP contribution in [0.3, 0.4) is 0 Å². The van der Waals surface area contributed by atoms with Crippen LogP contribution in [0.15, 0.2) is 0 Å². The lowest BCUT2D eigenvalue weighted by molar-refractivity contribution is -0.140. The number of carbonyl (C=O) groups is 2. The molecular formula is C14H27N3O3. The van der Waals surface area contributed by atoms with Crippen molar-refractivity contribution in [1.82, 2.24) is 10.2 Å². The average molecular weight is 285 g/mol. The molecule has 1 aliphatic carbocycles. The van der Waals surface area contributed by atoms with Gasteiger partial charge >= 0.3 is 0 Å². The molecule has 0 spiro atoms. The quantitative estimate of drug-likeness (QED) is 0.671. The van der Waals surface area contributed by atoms with Gasteiger partial charge in [-0.15, -0.1) is 0 Å². The topological polar surface area (TPSA) is 84.7 Å². The smallest absolute Gasteiger partial charge is 0.239 e. The van der Waals surface area contributed by atoms with Crippen molar-refractivity contribution in [3.63, 3.8) is 0 Å². The van der Waals surface area contributed by atoms with E-state index in [4.69, 9.17) is 10.5 Å². The summed E-state index contributed by atoms with van der Waals surface area (Å²) >= 11 is 0. The number of likely N-dealkylation sites (N-methyl/N-ethyl adjacent to an activating group) is 1. The van der Waals surface area contributed by atoms with Gasteiger partial charge in [0, 0.05) is 26.7 Å².